The van der Waals surface area contributed by atoms with Crippen LogP contribution >= 0.6 is 23.4 Å². The number of benzene rings is 5. The van der Waals surface area contributed by atoms with Crippen LogP contribution in [0.25, 0.3) is 0 Å². The maximum atomic E-state index is 15.2. The Morgan fingerprint density at radius 1 is 0.769 bits per heavy atom. The zero-order valence-electron chi connectivity index (χ0n) is 28.3. The van der Waals surface area contributed by atoms with Gasteiger partial charge in [0.2, 0.25) is 5.91 Å². The number of hydrogen-bond acceptors (Lipinski definition) is 7. The van der Waals surface area contributed by atoms with Crippen molar-refractivity contribution >= 4 is 40.6 Å². The molecule has 8 nitrogen and oxygen atoms in total. The standard InChI is InChI=1S/C42H37ClN2O6S/c43-34-22-13-23-35(28-34)50-29-36(24-25-44-26-27-49-40(44)47)51-37(30-14-5-1-6-15-30)38-39(46)45(41(48)52-38)42(31-16-7-2-8-17-31,32-18-9-3-10-19-32)33-20-11-4-12-21-33/h1-23,28,36-38H,24-27,29H2/t36-,37?,38?/m1/s1. The molecule has 2 aliphatic heterocycles. The number of cyclic esters (lactones) is 1. The van der Waals surface area contributed by atoms with E-state index in [1.54, 1.807) is 29.2 Å². The van der Waals surface area contributed by atoms with Gasteiger partial charge in [0.25, 0.3) is 5.24 Å². The molecule has 2 heterocycles. The maximum Gasteiger partial charge on any atom is 0.409 e. The Bertz CT molecular complexity index is 1890. The number of ether oxygens (including phenoxy) is 3. The second-order valence-electron chi connectivity index (χ2n) is 12.5. The van der Waals surface area contributed by atoms with Crippen molar-refractivity contribution in [1.29, 1.82) is 0 Å². The monoisotopic (exact) mass is 732 g/mol. The number of carbonyl (C=O) groups is 3. The third kappa shape index (κ3) is 7.30. The lowest BCUT2D eigenvalue weighted by Gasteiger charge is -2.42. The highest BCUT2D eigenvalue weighted by Gasteiger charge is 2.56. The third-order valence-electron chi connectivity index (χ3n) is 9.32. The van der Waals surface area contributed by atoms with Crippen molar-refractivity contribution in [3.8, 4) is 5.75 Å². The first-order valence-corrected chi connectivity index (χ1v) is 18.4. The summed E-state index contributed by atoms with van der Waals surface area (Å²) in [5.41, 5.74) is 1.79. The predicted molar refractivity (Wildman–Crippen MR) is 201 cm³/mol. The van der Waals surface area contributed by atoms with Gasteiger partial charge >= 0.3 is 6.09 Å². The summed E-state index contributed by atoms with van der Waals surface area (Å²) in [5, 5.41) is -0.791. The lowest BCUT2D eigenvalue weighted by atomic mass is 9.75. The summed E-state index contributed by atoms with van der Waals surface area (Å²) in [5.74, 6) is 0.182. The SMILES string of the molecule is O=C1OCCN1CC[C@H](COc1cccc(Cl)c1)OC(c1ccccc1)C1SC(=O)N(C(c2ccccc2)(c2ccccc2)c2ccccc2)C1=O. The van der Waals surface area contributed by atoms with Crippen LogP contribution in [0, 0.1) is 0 Å². The van der Waals surface area contributed by atoms with Crippen LogP contribution in [-0.2, 0) is 19.8 Å². The summed E-state index contributed by atoms with van der Waals surface area (Å²) >= 11 is 7.21. The number of rotatable bonds is 14. The molecule has 0 aliphatic carbocycles. The summed E-state index contributed by atoms with van der Waals surface area (Å²) < 4.78 is 18.2. The van der Waals surface area contributed by atoms with E-state index in [4.69, 9.17) is 25.8 Å². The van der Waals surface area contributed by atoms with E-state index in [0.29, 0.717) is 36.9 Å². The molecule has 2 unspecified atom stereocenters. The zero-order chi connectivity index (χ0) is 35.9. The Morgan fingerprint density at radius 3 is 1.88 bits per heavy atom. The molecular formula is C42H37ClN2O6S. The largest absolute Gasteiger partial charge is 0.491 e. The van der Waals surface area contributed by atoms with Crippen molar-refractivity contribution in [1.82, 2.24) is 9.80 Å². The van der Waals surface area contributed by atoms with Gasteiger partial charge in [0.05, 0.1) is 12.6 Å². The van der Waals surface area contributed by atoms with E-state index in [0.717, 1.165) is 34.0 Å². The van der Waals surface area contributed by atoms with Gasteiger partial charge in [0.15, 0.2) is 0 Å². The number of nitrogens with zero attached hydrogens (tertiary/aromatic N) is 2. The van der Waals surface area contributed by atoms with Gasteiger partial charge in [-0.15, -0.1) is 0 Å². The molecule has 0 N–H and O–H groups in total. The summed E-state index contributed by atoms with van der Waals surface area (Å²) in [6.07, 6.45) is -1.41. The van der Waals surface area contributed by atoms with E-state index in [9.17, 15) is 9.59 Å². The highest BCUT2D eigenvalue weighted by atomic mass is 35.5. The molecule has 0 aromatic heterocycles. The van der Waals surface area contributed by atoms with Gasteiger partial charge in [0.1, 0.15) is 35.9 Å². The molecule has 0 radical (unpaired) electrons. The molecule has 3 atom stereocenters. The van der Waals surface area contributed by atoms with Crippen molar-refractivity contribution in [2.75, 3.05) is 26.3 Å². The fourth-order valence-electron chi connectivity index (χ4n) is 6.89. The number of thioether (sulfide) groups is 1. The highest BCUT2D eigenvalue weighted by Crippen LogP contribution is 2.50. The van der Waals surface area contributed by atoms with Crippen LogP contribution < -0.4 is 4.74 Å². The predicted octanol–water partition coefficient (Wildman–Crippen LogP) is 8.74. The Kier molecular flexibility index (Phi) is 10.9. The number of imide groups is 1. The molecule has 0 saturated carbocycles. The first kappa shape index (κ1) is 35.3. The lowest BCUT2D eigenvalue weighted by molar-refractivity contribution is -0.134. The molecule has 2 fully saturated rings. The average molecular weight is 733 g/mol. The molecule has 5 aromatic rings. The second kappa shape index (κ2) is 16.1. The Hall–Kier alpha value is -5.09. The first-order valence-electron chi connectivity index (χ1n) is 17.2. The normalized spacial score (nSPS) is 17.2. The maximum absolute atomic E-state index is 15.2. The van der Waals surface area contributed by atoms with Crippen molar-refractivity contribution < 1.29 is 28.6 Å². The molecule has 10 heteroatoms. The average Bonchev–Trinajstić information content (AvgIpc) is 3.74. The molecule has 3 amide bonds. The molecule has 5 aromatic carbocycles. The Balaban J connectivity index is 1.28. The minimum absolute atomic E-state index is 0.109. The highest BCUT2D eigenvalue weighted by molar-refractivity contribution is 8.15. The number of carbonyl (C=O) groups excluding carboxylic acids is 3. The van der Waals surface area contributed by atoms with Crippen LogP contribution in [-0.4, -0.2) is 64.7 Å². The smallest absolute Gasteiger partial charge is 0.409 e. The summed E-state index contributed by atoms with van der Waals surface area (Å²) in [6, 6.07) is 45.5. The number of hydrogen-bond donors (Lipinski definition) is 0. The molecule has 52 heavy (non-hydrogen) atoms. The topological polar surface area (TPSA) is 85.4 Å². The van der Waals surface area contributed by atoms with Gasteiger partial charge in [-0.3, -0.25) is 14.5 Å². The van der Waals surface area contributed by atoms with E-state index in [1.807, 2.05) is 121 Å². The first-order chi connectivity index (χ1) is 25.4. The molecular weight excluding hydrogens is 696 g/mol. The summed E-state index contributed by atoms with van der Waals surface area (Å²) in [7, 11) is 0. The van der Waals surface area contributed by atoms with Gasteiger partial charge in [0, 0.05) is 11.6 Å². The van der Waals surface area contributed by atoms with Crippen molar-refractivity contribution in [2.24, 2.45) is 0 Å². The van der Waals surface area contributed by atoms with Gasteiger partial charge in [-0.25, -0.2) is 4.79 Å². The Morgan fingerprint density at radius 2 is 1.35 bits per heavy atom. The van der Waals surface area contributed by atoms with E-state index in [2.05, 4.69) is 0 Å². The summed E-state index contributed by atoms with van der Waals surface area (Å²) in [4.78, 5) is 45.2. The second-order valence-corrected chi connectivity index (χ2v) is 14.1. The van der Waals surface area contributed by atoms with Crippen LogP contribution in [0.15, 0.2) is 146 Å². The van der Waals surface area contributed by atoms with E-state index in [1.165, 1.54) is 4.90 Å². The van der Waals surface area contributed by atoms with Crippen molar-refractivity contribution in [3.05, 3.63) is 173 Å². The molecule has 0 bridgehead atoms. The van der Waals surface area contributed by atoms with Crippen LogP contribution in [0.2, 0.25) is 5.02 Å². The van der Waals surface area contributed by atoms with E-state index >= 15 is 4.79 Å². The number of amides is 3. The van der Waals surface area contributed by atoms with E-state index < -0.39 is 23.0 Å². The fraction of sp³-hybridized carbons (Fsp3) is 0.214. The fourth-order valence-corrected chi connectivity index (χ4v) is 8.17. The molecule has 2 aliphatic rings. The van der Waals surface area contributed by atoms with Crippen LogP contribution in [0.5, 0.6) is 5.75 Å². The summed E-state index contributed by atoms with van der Waals surface area (Å²) in [6.45, 7) is 1.27. The van der Waals surface area contributed by atoms with Crippen molar-refractivity contribution in [3.63, 3.8) is 0 Å². The third-order valence-corrected chi connectivity index (χ3v) is 10.6. The Labute approximate surface area is 312 Å². The quantitative estimate of drug-likeness (QED) is 0.106. The van der Waals surface area contributed by atoms with Gasteiger partial charge < -0.3 is 19.1 Å². The lowest BCUT2D eigenvalue weighted by Crippen LogP contribution is -2.52. The van der Waals surface area contributed by atoms with Gasteiger partial charge in [-0.1, -0.05) is 139 Å². The minimum Gasteiger partial charge on any atom is -0.491 e. The number of halogens is 1. The van der Waals surface area contributed by atoms with E-state index in [-0.39, 0.29) is 23.8 Å². The van der Waals surface area contributed by atoms with Crippen LogP contribution in [0.3, 0.4) is 0 Å². The van der Waals surface area contributed by atoms with Crippen LogP contribution in [0.1, 0.15) is 34.8 Å². The molecule has 0 spiro atoms. The molecule has 7 rings (SSSR count). The van der Waals surface area contributed by atoms with Gasteiger partial charge in [-0.05, 0) is 58.6 Å². The van der Waals surface area contributed by atoms with Crippen molar-refractivity contribution in [2.45, 2.75) is 29.4 Å². The zero-order valence-corrected chi connectivity index (χ0v) is 29.8. The molecule has 264 valence electrons. The molecule has 2 saturated heterocycles. The minimum atomic E-state index is -1.27. The van der Waals surface area contributed by atoms with Crippen LogP contribution in [0.4, 0.5) is 9.59 Å². The van der Waals surface area contributed by atoms with Gasteiger partial charge in [-0.2, -0.15) is 0 Å².